The largest absolute Gasteiger partial charge is 0.497 e. The predicted octanol–water partition coefficient (Wildman–Crippen LogP) is 1.70. The average molecular weight is 344 g/mol. The minimum Gasteiger partial charge on any atom is -0.497 e. The first-order chi connectivity index (χ1) is 12.1. The number of nitrogens with zero attached hydrogens (tertiary/aromatic N) is 1. The zero-order valence-electron chi connectivity index (χ0n) is 13.8. The van der Waals surface area contributed by atoms with Crippen molar-refractivity contribution in [1.29, 1.82) is 0 Å². The van der Waals surface area contributed by atoms with Gasteiger partial charge in [0.15, 0.2) is 0 Å². The fourth-order valence-corrected chi connectivity index (χ4v) is 2.80. The number of aliphatic hydroxyl groups excluding tert-OH is 1. The molecule has 3 N–H and O–H groups in total. The number of carbonyl (C=O) groups excluding carboxylic acids is 1. The number of ether oxygens (including phenoxy) is 2. The highest BCUT2D eigenvalue weighted by molar-refractivity contribution is 5.93. The number of benzene rings is 2. The number of hydrogen-bond donors (Lipinski definition) is 3. The van der Waals surface area contributed by atoms with Gasteiger partial charge in [-0.25, -0.2) is 5.48 Å². The molecule has 7 nitrogen and oxygen atoms in total. The SMILES string of the molecule is COc1ccc(CN2CCOc3cc(C(=O)NO)ccc3C2O)cc1. The Morgan fingerprint density at radius 2 is 2.08 bits per heavy atom. The molecule has 1 atom stereocenters. The molecule has 25 heavy (non-hydrogen) atoms. The third-order valence-electron chi connectivity index (χ3n) is 4.18. The summed E-state index contributed by atoms with van der Waals surface area (Å²) in [7, 11) is 1.62. The number of hydroxylamine groups is 1. The number of rotatable bonds is 4. The van der Waals surface area contributed by atoms with Crippen LogP contribution in [0.1, 0.15) is 27.7 Å². The number of amides is 1. The van der Waals surface area contributed by atoms with Crippen molar-refractivity contribution in [3.8, 4) is 11.5 Å². The topological polar surface area (TPSA) is 91.3 Å². The number of methoxy groups -OCH3 is 1. The van der Waals surface area contributed by atoms with E-state index in [4.69, 9.17) is 14.7 Å². The molecule has 0 spiro atoms. The fraction of sp³-hybridized carbons (Fsp3) is 0.278. The summed E-state index contributed by atoms with van der Waals surface area (Å²) in [6, 6.07) is 12.3. The lowest BCUT2D eigenvalue weighted by molar-refractivity contribution is -0.00217. The zero-order chi connectivity index (χ0) is 17.8. The van der Waals surface area contributed by atoms with E-state index < -0.39 is 12.1 Å². The lowest BCUT2D eigenvalue weighted by Crippen LogP contribution is -2.29. The average Bonchev–Trinajstić information content (AvgIpc) is 2.80. The molecule has 0 fully saturated rings. The van der Waals surface area contributed by atoms with Gasteiger partial charge in [-0.1, -0.05) is 18.2 Å². The Labute approximate surface area is 145 Å². The molecule has 0 bridgehead atoms. The van der Waals surface area contributed by atoms with Gasteiger partial charge in [0.05, 0.1) is 7.11 Å². The van der Waals surface area contributed by atoms with Gasteiger partial charge >= 0.3 is 0 Å². The van der Waals surface area contributed by atoms with Crippen LogP contribution in [0.4, 0.5) is 0 Å². The van der Waals surface area contributed by atoms with Gasteiger partial charge in [0.2, 0.25) is 0 Å². The molecular formula is C18H20N2O5. The van der Waals surface area contributed by atoms with Crippen molar-refractivity contribution in [2.75, 3.05) is 20.3 Å². The summed E-state index contributed by atoms with van der Waals surface area (Å²) < 4.78 is 10.8. The molecular weight excluding hydrogens is 324 g/mol. The van der Waals surface area contributed by atoms with E-state index in [0.29, 0.717) is 31.0 Å². The zero-order valence-corrected chi connectivity index (χ0v) is 13.8. The Hall–Kier alpha value is -2.61. The van der Waals surface area contributed by atoms with E-state index in [1.165, 1.54) is 12.1 Å². The molecule has 0 radical (unpaired) electrons. The van der Waals surface area contributed by atoms with Crippen molar-refractivity contribution in [2.24, 2.45) is 0 Å². The summed E-state index contributed by atoms with van der Waals surface area (Å²) >= 11 is 0. The van der Waals surface area contributed by atoms with Crippen LogP contribution >= 0.6 is 0 Å². The smallest absolute Gasteiger partial charge is 0.274 e. The Morgan fingerprint density at radius 3 is 2.76 bits per heavy atom. The first-order valence-corrected chi connectivity index (χ1v) is 7.88. The molecule has 0 aromatic heterocycles. The van der Waals surface area contributed by atoms with Crippen LogP contribution in [0.5, 0.6) is 11.5 Å². The van der Waals surface area contributed by atoms with Gasteiger partial charge in [-0.15, -0.1) is 0 Å². The third-order valence-corrected chi connectivity index (χ3v) is 4.18. The van der Waals surface area contributed by atoms with Crippen molar-refractivity contribution in [2.45, 2.75) is 12.8 Å². The van der Waals surface area contributed by atoms with Crippen LogP contribution in [0.25, 0.3) is 0 Å². The van der Waals surface area contributed by atoms with Crippen molar-refractivity contribution >= 4 is 5.91 Å². The number of fused-ring (bicyclic) bond motifs is 1. The Bertz CT molecular complexity index is 748. The van der Waals surface area contributed by atoms with Gasteiger partial charge in [-0.2, -0.15) is 0 Å². The molecule has 3 rings (SSSR count). The highest BCUT2D eigenvalue weighted by Crippen LogP contribution is 2.32. The van der Waals surface area contributed by atoms with Gasteiger partial charge in [0, 0.05) is 24.2 Å². The summed E-state index contributed by atoms with van der Waals surface area (Å²) in [4.78, 5) is 13.4. The van der Waals surface area contributed by atoms with Crippen LogP contribution in [-0.2, 0) is 6.54 Å². The van der Waals surface area contributed by atoms with Crippen LogP contribution in [0.3, 0.4) is 0 Å². The summed E-state index contributed by atoms with van der Waals surface area (Å²) in [5.41, 5.74) is 3.47. The monoisotopic (exact) mass is 344 g/mol. The normalized spacial score (nSPS) is 17.2. The molecule has 2 aromatic rings. The summed E-state index contributed by atoms with van der Waals surface area (Å²) in [6.45, 7) is 1.46. The summed E-state index contributed by atoms with van der Waals surface area (Å²) in [5, 5.41) is 19.5. The van der Waals surface area contributed by atoms with Gasteiger partial charge < -0.3 is 14.6 Å². The van der Waals surface area contributed by atoms with E-state index in [2.05, 4.69) is 0 Å². The van der Waals surface area contributed by atoms with Crippen LogP contribution in [0.2, 0.25) is 0 Å². The quantitative estimate of drug-likeness (QED) is 0.578. The van der Waals surface area contributed by atoms with Crippen LogP contribution in [-0.4, -0.2) is 41.4 Å². The second kappa shape index (κ2) is 7.52. The van der Waals surface area contributed by atoms with Gasteiger partial charge in [-0.05, 0) is 29.8 Å². The number of hydrogen-bond acceptors (Lipinski definition) is 6. The summed E-state index contributed by atoms with van der Waals surface area (Å²) in [6.07, 6.45) is -0.856. The van der Waals surface area contributed by atoms with E-state index in [-0.39, 0.29) is 5.56 Å². The number of nitrogens with one attached hydrogen (secondary N) is 1. The molecule has 1 aliphatic rings. The van der Waals surface area contributed by atoms with Crippen molar-refractivity contribution in [3.05, 3.63) is 59.2 Å². The van der Waals surface area contributed by atoms with Crippen LogP contribution < -0.4 is 15.0 Å². The lowest BCUT2D eigenvalue weighted by atomic mass is 10.1. The maximum atomic E-state index is 11.5. The number of carbonyl (C=O) groups is 1. The maximum absolute atomic E-state index is 11.5. The predicted molar refractivity (Wildman–Crippen MR) is 89.6 cm³/mol. The van der Waals surface area contributed by atoms with E-state index >= 15 is 0 Å². The van der Waals surface area contributed by atoms with Crippen molar-refractivity contribution in [3.63, 3.8) is 0 Å². The molecule has 0 saturated carbocycles. The minimum absolute atomic E-state index is 0.261. The molecule has 1 aliphatic heterocycles. The lowest BCUT2D eigenvalue weighted by Gasteiger charge is -2.25. The molecule has 2 aromatic carbocycles. The van der Waals surface area contributed by atoms with Crippen molar-refractivity contribution in [1.82, 2.24) is 10.4 Å². The molecule has 1 heterocycles. The van der Waals surface area contributed by atoms with Gasteiger partial charge in [0.1, 0.15) is 24.3 Å². The molecule has 1 amide bonds. The van der Waals surface area contributed by atoms with Crippen molar-refractivity contribution < 1.29 is 24.6 Å². The Morgan fingerprint density at radius 1 is 1.32 bits per heavy atom. The second-order valence-corrected chi connectivity index (χ2v) is 5.73. The molecule has 1 unspecified atom stereocenters. The second-order valence-electron chi connectivity index (χ2n) is 5.73. The molecule has 0 saturated heterocycles. The minimum atomic E-state index is -0.856. The first kappa shape index (κ1) is 17.2. The highest BCUT2D eigenvalue weighted by atomic mass is 16.5. The first-order valence-electron chi connectivity index (χ1n) is 7.88. The van der Waals surface area contributed by atoms with E-state index in [1.54, 1.807) is 18.7 Å². The fourth-order valence-electron chi connectivity index (χ4n) is 2.80. The number of aliphatic hydroxyl groups is 1. The van der Waals surface area contributed by atoms with Gasteiger partial charge in [-0.3, -0.25) is 14.9 Å². The highest BCUT2D eigenvalue weighted by Gasteiger charge is 2.25. The van der Waals surface area contributed by atoms with Gasteiger partial charge in [0.25, 0.3) is 5.91 Å². The van der Waals surface area contributed by atoms with E-state index in [1.807, 2.05) is 29.2 Å². The molecule has 7 heteroatoms. The van der Waals surface area contributed by atoms with Crippen LogP contribution in [0.15, 0.2) is 42.5 Å². The molecule has 132 valence electrons. The standard InChI is InChI=1S/C18H20N2O5/c1-24-14-5-2-12(3-6-14)11-20-8-9-25-16-10-13(17(21)19-23)4-7-15(16)18(20)22/h2-7,10,18,22-23H,8-9,11H2,1H3,(H,19,21). The maximum Gasteiger partial charge on any atom is 0.274 e. The Kier molecular flexibility index (Phi) is 5.18. The van der Waals surface area contributed by atoms with E-state index in [0.717, 1.165) is 11.3 Å². The summed E-state index contributed by atoms with van der Waals surface area (Å²) in [5.74, 6) is 0.592. The third kappa shape index (κ3) is 3.74. The molecule has 0 aliphatic carbocycles. The van der Waals surface area contributed by atoms with E-state index in [9.17, 15) is 9.90 Å². The Balaban J connectivity index is 1.80. The van der Waals surface area contributed by atoms with Crippen LogP contribution in [0, 0.1) is 0 Å².